The van der Waals surface area contributed by atoms with Crippen molar-refractivity contribution in [3.8, 4) is 0 Å². The summed E-state index contributed by atoms with van der Waals surface area (Å²) in [4.78, 5) is 28.4. The lowest BCUT2D eigenvalue weighted by Gasteiger charge is -2.17. The molecule has 2 aromatic rings. The Hall–Kier alpha value is -2.37. The summed E-state index contributed by atoms with van der Waals surface area (Å²) in [6, 6.07) is 3.15. The van der Waals surface area contributed by atoms with Crippen LogP contribution in [0, 0.1) is 19.8 Å². The normalized spacial score (nSPS) is 12.4. The van der Waals surface area contributed by atoms with Crippen molar-refractivity contribution in [3.05, 3.63) is 33.7 Å². The number of fused-ring (bicyclic) bond motifs is 1. The standard InChI is InChI=1S/C17H22N2O4/c1-9(2)6-13(15(20)22-5)19-17-18-12-8-10(3)7-11(4)14(12)16(21)23-17/h7-9,13H,6H2,1-5H3,(H,18,19)/t13-/m0/s1. The molecule has 2 rings (SSSR count). The first-order valence-electron chi connectivity index (χ1n) is 7.58. The van der Waals surface area contributed by atoms with Crippen LogP contribution >= 0.6 is 0 Å². The van der Waals surface area contributed by atoms with Crippen LogP contribution in [-0.2, 0) is 9.53 Å². The molecule has 0 radical (unpaired) electrons. The number of hydrogen-bond acceptors (Lipinski definition) is 6. The summed E-state index contributed by atoms with van der Waals surface area (Å²) in [6.45, 7) is 7.77. The molecule has 124 valence electrons. The van der Waals surface area contributed by atoms with E-state index >= 15 is 0 Å². The highest BCUT2D eigenvalue weighted by molar-refractivity contribution is 5.83. The molecule has 0 spiro atoms. The Morgan fingerprint density at radius 1 is 1.35 bits per heavy atom. The number of hydrogen-bond donors (Lipinski definition) is 1. The molecule has 1 atom stereocenters. The van der Waals surface area contributed by atoms with Crippen molar-refractivity contribution in [2.24, 2.45) is 5.92 Å². The minimum absolute atomic E-state index is 0.0311. The molecule has 0 saturated heterocycles. The van der Waals surface area contributed by atoms with Crippen LogP contribution in [0.5, 0.6) is 0 Å². The zero-order valence-electron chi connectivity index (χ0n) is 14.1. The second-order valence-electron chi connectivity index (χ2n) is 6.13. The van der Waals surface area contributed by atoms with Gasteiger partial charge in [0.15, 0.2) is 0 Å². The highest BCUT2D eigenvalue weighted by Gasteiger charge is 2.22. The van der Waals surface area contributed by atoms with E-state index in [1.807, 2.05) is 39.8 Å². The topological polar surface area (TPSA) is 81.4 Å². The van der Waals surface area contributed by atoms with E-state index in [-0.39, 0.29) is 11.9 Å². The van der Waals surface area contributed by atoms with Gasteiger partial charge in [-0.2, -0.15) is 4.98 Å². The predicted molar refractivity (Wildman–Crippen MR) is 88.6 cm³/mol. The smallest absolute Gasteiger partial charge is 0.348 e. The van der Waals surface area contributed by atoms with Crippen molar-refractivity contribution < 1.29 is 13.9 Å². The fourth-order valence-corrected chi connectivity index (χ4v) is 2.61. The molecule has 1 N–H and O–H groups in total. The Morgan fingerprint density at radius 3 is 2.65 bits per heavy atom. The quantitative estimate of drug-likeness (QED) is 0.854. The number of rotatable bonds is 5. The molecular weight excluding hydrogens is 296 g/mol. The van der Waals surface area contributed by atoms with Crippen LogP contribution < -0.4 is 10.9 Å². The van der Waals surface area contributed by atoms with Gasteiger partial charge in [0.2, 0.25) is 0 Å². The summed E-state index contributed by atoms with van der Waals surface area (Å²) in [5.74, 6) is -0.146. The molecule has 0 aliphatic rings. The van der Waals surface area contributed by atoms with Gasteiger partial charge in [-0.15, -0.1) is 0 Å². The molecule has 0 bridgehead atoms. The first-order chi connectivity index (χ1) is 10.8. The number of anilines is 1. The maximum atomic E-state index is 12.2. The van der Waals surface area contributed by atoms with Crippen LogP contribution in [0.4, 0.5) is 6.01 Å². The minimum Gasteiger partial charge on any atom is -0.467 e. The molecule has 0 amide bonds. The highest BCUT2D eigenvalue weighted by atomic mass is 16.5. The zero-order chi connectivity index (χ0) is 17.1. The van der Waals surface area contributed by atoms with Crippen LogP contribution in [0.3, 0.4) is 0 Å². The third kappa shape index (κ3) is 3.88. The molecule has 0 saturated carbocycles. The average Bonchev–Trinajstić information content (AvgIpc) is 2.43. The Morgan fingerprint density at radius 2 is 2.04 bits per heavy atom. The summed E-state index contributed by atoms with van der Waals surface area (Å²) in [5, 5.41) is 3.34. The number of aromatic nitrogens is 1. The number of nitrogens with one attached hydrogen (secondary N) is 1. The molecule has 0 aliphatic heterocycles. The third-order valence-electron chi connectivity index (χ3n) is 3.57. The van der Waals surface area contributed by atoms with Crippen molar-refractivity contribution in [1.29, 1.82) is 0 Å². The fourth-order valence-electron chi connectivity index (χ4n) is 2.61. The van der Waals surface area contributed by atoms with Crippen molar-refractivity contribution in [2.45, 2.75) is 40.2 Å². The molecular formula is C17H22N2O4. The van der Waals surface area contributed by atoms with E-state index in [1.165, 1.54) is 7.11 Å². The molecule has 6 nitrogen and oxygen atoms in total. The van der Waals surface area contributed by atoms with E-state index in [9.17, 15) is 9.59 Å². The number of benzene rings is 1. The predicted octanol–water partition coefficient (Wildman–Crippen LogP) is 2.80. The number of esters is 1. The van der Waals surface area contributed by atoms with Gasteiger partial charge in [0.1, 0.15) is 6.04 Å². The maximum Gasteiger partial charge on any atom is 0.348 e. The monoisotopic (exact) mass is 318 g/mol. The zero-order valence-corrected chi connectivity index (χ0v) is 14.1. The summed E-state index contributed by atoms with van der Waals surface area (Å²) in [7, 11) is 1.33. The van der Waals surface area contributed by atoms with Gasteiger partial charge in [-0.25, -0.2) is 9.59 Å². The number of ether oxygens (including phenoxy) is 1. The number of carbonyl (C=O) groups excluding carboxylic acids is 1. The maximum absolute atomic E-state index is 12.2. The summed E-state index contributed by atoms with van der Waals surface area (Å²) in [6.07, 6.45) is 0.545. The highest BCUT2D eigenvalue weighted by Crippen LogP contribution is 2.19. The van der Waals surface area contributed by atoms with E-state index in [1.54, 1.807) is 0 Å². The van der Waals surface area contributed by atoms with E-state index in [0.717, 1.165) is 11.1 Å². The van der Waals surface area contributed by atoms with Crippen LogP contribution in [0.25, 0.3) is 10.9 Å². The van der Waals surface area contributed by atoms with Gasteiger partial charge >= 0.3 is 11.6 Å². The fraction of sp³-hybridized carbons (Fsp3) is 0.471. The number of nitrogens with zero attached hydrogens (tertiary/aromatic N) is 1. The molecule has 0 aliphatic carbocycles. The van der Waals surface area contributed by atoms with Gasteiger partial charge in [0.25, 0.3) is 6.01 Å². The Balaban J connectivity index is 2.43. The van der Waals surface area contributed by atoms with Crippen molar-refractivity contribution in [3.63, 3.8) is 0 Å². The van der Waals surface area contributed by atoms with E-state index in [2.05, 4.69) is 10.3 Å². The lowest BCUT2D eigenvalue weighted by Crippen LogP contribution is -2.32. The Bertz CT molecular complexity index is 780. The second-order valence-corrected chi connectivity index (χ2v) is 6.13. The largest absolute Gasteiger partial charge is 0.467 e. The van der Waals surface area contributed by atoms with Crippen molar-refractivity contribution in [2.75, 3.05) is 12.4 Å². The molecule has 1 heterocycles. The average molecular weight is 318 g/mol. The van der Waals surface area contributed by atoms with E-state index in [4.69, 9.17) is 9.15 Å². The molecule has 0 unspecified atom stereocenters. The van der Waals surface area contributed by atoms with E-state index in [0.29, 0.717) is 17.3 Å². The van der Waals surface area contributed by atoms with Gasteiger partial charge in [0, 0.05) is 0 Å². The minimum atomic E-state index is -0.612. The number of methoxy groups -OCH3 is 1. The van der Waals surface area contributed by atoms with Gasteiger partial charge < -0.3 is 14.5 Å². The summed E-state index contributed by atoms with van der Waals surface area (Å²) in [5.41, 5.74) is 1.91. The van der Waals surface area contributed by atoms with E-state index < -0.39 is 17.6 Å². The summed E-state index contributed by atoms with van der Waals surface area (Å²) < 4.78 is 10.0. The first-order valence-corrected chi connectivity index (χ1v) is 7.58. The van der Waals surface area contributed by atoms with Crippen LogP contribution in [0.2, 0.25) is 0 Å². The molecule has 0 fully saturated rings. The lowest BCUT2D eigenvalue weighted by atomic mass is 10.0. The van der Waals surface area contributed by atoms with Gasteiger partial charge in [-0.3, -0.25) is 0 Å². The van der Waals surface area contributed by atoms with Crippen LogP contribution in [0.15, 0.2) is 21.3 Å². The van der Waals surface area contributed by atoms with Crippen LogP contribution in [-0.4, -0.2) is 24.1 Å². The van der Waals surface area contributed by atoms with Crippen LogP contribution in [0.1, 0.15) is 31.4 Å². The first kappa shape index (κ1) is 17.0. The molecule has 1 aromatic carbocycles. The third-order valence-corrected chi connectivity index (χ3v) is 3.57. The number of carbonyl (C=O) groups is 1. The molecule has 6 heteroatoms. The van der Waals surface area contributed by atoms with Crippen molar-refractivity contribution in [1.82, 2.24) is 4.98 Å². The summed E-state index contributed by atoms with van der Waals surface area (Å²) >= 11 is 0. The van der Waals surface area contributed by atoms with Crippen molar-refractivity contribution >= 4 is 22.9 Å². The Kier molecular flexibility index (Phi) is 5.03. The molecule has 1 aromatic heterocycles. The Labute approximate surface area is 134 Å². The lowest BCUT2D eigenvalue weighted by molar-refractivity contribution is -0.141. The van der Waals surface area contributed by atoms with Gasteiger partial charge in [0.05, 0.1) is 18.0 Å². The molecule has 23 heavy (non-hydrogen) atoms. The van der Waals surface area contributed by atoms with Gasteiger partial charge in [-0.05, 0) is 43.4 Å². The second kappa shape index (κ2) is 6.81. The van der Waals surface area contributed by atoms with Gasteiger partial charge in [-0.1, -0.05) is 19.9 Å². The number of aryl methyl sites for hydroxylation is 2. The SMILES string of the molecule is COC(=O)[C@H](CC(C)C)Nc1nc2cc(C)cc(C)c2c(=O)o1.